The van der Waals surface area contributed by atoms with Crippen LogP contribution >= 0.6 is 0 Å². The van der Waals surface area contributed by atoms with Crippen LogP contribution in [0.4, 0.5) is 0 Å². The van der Waals surface area contributed by atoms with Gasteiger partial charge in [0.25, 0.3) is 0 Å². The van der Waals surface area contributed by atoms with Crippen LogP contribution in [-0.4, -0.2) is 313 Å². The fourth-order valence-electron chi connectivity index (χ4n) is 16.9. The second-order valence-corrected chi connectivity index (χ2v) is 31.8. The molecule has 0 radical (unpaired) electrons. The van der Waals surface area contributed by atoms with E-state index in [1.165, 1.54) is 33.1 Å². The predicted molar refractivity (Wildman–Crippen MR) is 374 cm³/mol. The molecule has 105 heavy (non-hydrogen) atoms. The summed E-state index contributed by atoms with van der Waals surface area (Å²) in [7, 11) is 8.17. The summed E-state index contributed by atoms with van der Waals surface area (Å²) in [5, 5.41) is 0. The molecule has 30 heteroatoms. The standard InChI is InChI=1S/C20H32N2O6.C20H34N2O4.C19H26N2O6.C16H24N2O6/c1-12(27-19(25)20(2,3)4)26-18(24)16-14-7-6-13(28-14)15(16)17(23)22-10-8-21(5)9-11-22;1-3-4-5-6-7-14-25-20(24)18-16-9-8-15(26-16)17(18)19(23)22-12-10-21(2)11-13-22;1-11-9-15(22)27-14(11)10-25-19(24)17-13-4-3-12(26-13)16(17)18(23)21-7-5-20(2)6-8-21;1-10(19)22-9-23-16(21)14-12-4-3-11(24-12)13(14)15(20)18-7-5-17(2)6-8-18/h12-16H,6-11H2,1-5H3;15-18H,3-14H2,1-2H3;12-13,16-17H,3-10H2,1-2H3;11-14H,3-9H2,1-2H3. The van der Waals surface area contributed by atoms with E-state index in [-0.39, 0.29) is 103 Å². The molecule has 4 amide bonds. The van der Waals surface area contributed by atoms with Gasteiger partial charge in [-0.3, -0.25) is 52.7 Å². The average molecular weight is 1480 g/mol. The molecule has 13 rings (SSSR count). The number of hydrogen-bond acceptors (Lipinski definition) is 26. The van der Waals surface area contributed by atoms with Crippen LogP contribution in [0.3, 0.4) is 0 Å². The summed E-state index contributed by atoms with van der Waals surface area (Å²) in [5.74, 6) is -6.57. The van der Waals surface area contributed by atoms with Crippen molar-refractivity contribution in [3.8, 4) is 0 Å². The van der Waals surface area contributed by atoms with Crippen molar-refractivity contribution >= 4 is 65.4 Å². The van der Waals surface area contributed by atoms with Crippen molar-refractivity contribution in [2.75, 3.05) is 153 Å². The van der Waals surface area contributed by atoms with Crippen molar-refractivity contribution in [2.24, 2.45) is 52.8 Å². The molecule has 12 saturated heterocycles. The first-order valence-electron chi connectivity index (χ1n) is 38.6. The minimum absolute atomic E-state index is 0.0000553. The smallest absolute Gasteiger partial charge is 0.315 e. The van der Waals surface area contributed by atoms with Crippen LogP contribution in [0.5, 0.6) is 0 Å². The highest BCUT2D eigenvalue weighted by Gasteiger charge is 2.61. The Labute approximate surface area is 617 Å². The Kier molecular flexibility index (Phi) is 28.3. The molecule has 0 aliphatic carbocycles. The second kappa shape index (κ2) is 36.7. The van der Waals surface area contributed by atoms with Gasteiger partial charge < -0.3 is 91.3 Å². The number of carbonyl (C=O) groups is 11. The van der Waals surface area contributed by atoms with Gasteiger partial charge in [-0.05, 0) is 119 Å². The second-order valence-electron chi connectivity index (χ2n) is 31.8. The number of likely N-dealkylation sites (N-methyl/N-ethyl adjacent to an activating group) is 4. The number of esters is 7. The van der Waals surface area contributed by atoms with E-state index in [9.17, 15) is 52.7 Å². The number of piperazine rings is 4. The van der Waals surface area contributed by atoms with E-state index in [0.717, 1.165) is 135 Å². The predicted octanol–water partition coefficient (Wildman–Crippen LogP) is 3.04. The molecule has 0 N–H and O–H groups in total. The molecule has 13 aliphatic rings. The third-order valence-electron chi connectivity index (χ3n) is 23.2. The highest BCUT2D eigenvalue weighted by atomic mass is 16.7. The summed E-state index contributed by atoms with van der Waals surface area (Å²) < 4.78 is 59.9. The number of nitrogens with zero attached hydrogens (tertiary/aromatic N) is 8. The maximum atomic E-state index is 13.1. The fraction of sp³-hybridized carbons (Fsp3) is 0.827. The van der Waals surface area contributed by atoms with Crippen LogP contribution in [0.15, 0.2) is 11.3 Å². The van der Waals surface area contributed by atoms with E-state index in [1.54, 1.807) is 27.7 Å². The fourth-order valence-corrected chi connectivity index (χ4v) is 16.9. The Morgan fingerprint density at radius 1 is 0.429 bits per heavy atom. The van der Waals surface area contributed by atoms with Gasteiger partial charge in [0.05, 0.1) is 115 Å². The largest absolute Gasteiger partial charge is 0.465 e. The van der Waals surface area contributed by atoms with Gasteiger partial charge in [-0.25, -0.2) is 0 Å². The SMILES string of the molecule is CC(=O)OCOC(=O)C1C2CCC(O2)C1C(=O)N1CCN(C)CC1.CC(OC(=O)C1C2CCC(O2)C1C(=O)N1CCN(C)CC1)OC(=O)C(C)(C)C.CC1=C(COC(=O)C2C3CCC(O3)C2C(=O)N2CCN(C)CC2)OC(=O)C1.CCCCCCCOC(=O)C1C2CCC(O2)C1C(=O)N1CCN(C)CC1. The first-order valence-corrected chi connectivity index (χ1v) is 38.6. The molecule has 13 aliphatic heterocycles. The van der Waals surface area contributed by atoms with E-state index in [1.807, 2.05) is 40.7 Å². The maximum Gasteiger partial charge on any atom is 0.315 e. The van der Waals surface area contributed by atoms with Gasteiger partial charge in [-0.1, -0.05) is 32.6 Å². The number of carbonyl (C=O) groups excluding carboxylic acids is 11. The molecule has 17 unspecified atom stereocenters. The molecule has 8 bridgehead atoms. The Hall–Kier alpha value is -6.41. The summed E-state index contributed by atoms with van der Waals surface area (Å²) in [4.78, 5) is 153. The van der Waals surface area contributed by atoms with Crippen LogP contribution in [-0.2, 0) is 105 Å². The van der Waals surface area contributed by atoms with E-state index >= 15 is 0 Å². The number of unbranched alkanes of at least 4 members (excludes halogenated alkanes) is 4. The Bertz CT molecular complexity index is 3120. The zero-order valence-electron chi connectivity index (χ0n) is 63.7. The normalized spacial score (nSPS) is 32.3. The number of ether oxygens (including phenoxy) is 11. The van der Waals surface area contributed by atoms with Crippen LogP contribution in [0.1, 0.15) is 138 Å². The van der Waals surface area contributed by atoms with E-state index < -0.39 is 89.8 Å². The van der Waals surface area contributed by atoms with Crippen LogP contribution < -0.4 is 0 Å². The lowest BCUT2D eigenvalue weighted by atomic mass is 9.78. The highest BCUT2D eigenvalue weighted by molar-refractivity contribution is 5.90. The first-order chi connectivity index (χ1) is 50.1. The summed E-state index contributed by atoms with van der Waals surface area (Å²) in [6.45, 7) is 24.1. The Balaban J connectivity index is 0.000000150. The van der Waals surface area contributed by atoms with E-state index in [0.29, 0.717) is 51.6 Å². The summed E-state index contributed by atoms with van der Waals surface area (Å²) in [6.07, 6.45) is 9.54. The van der Waals surface area contributed by atoms with Gasteiger partial charge in [0.1, 0.15) is 12.4 Å². The average Bonchev–Trinajstić information content (AvgIpc) is 1.64. The first kappa shape index (κ1) is 81.1. The minimum Gasteiger partial charge on any atom is -0.465 e. The zero-order valence-corrected chi connectivity index (χ0v) is 63.7. The molecular formula is C75H116N8O22. The summed E-state index contributed by atoms with van der Waals surface area (Å²) >= 11 is 0. The molecule has 17 atom stereocenters. The van der Waals surface area contributed by atoms with Crippen LogP contribution in [0.25, 0.3) is 0 Å². The molecule has 0 saturated carbocycles. The van der Waals surface area contributed by atoms with Crippen molar-refractivity contribution in [3.05, 3.63) is 11.3 Å². The molecule has 30 nitrogen and oxygen atoms in total. The van der Waals surface area contributed by atoms with Gasteiger partial charge in [0.2, 0.25) is 36.7 Å². The number of rotatable bonds is 20. The van der Waals surface area contributed by atoms with Gasteiger partial charge >= 0.3 is 41.8 Å². The quantitative estimate of drug-likeness (QED) is 0.0732. The lowest BCUT2D eigenvalue weighted by molar-refractivity contribution is -0.195. The van der Waals surface area contributed by atoms with Gasteiger partial charge in [0, 0.05) is 119 Å². The molecule has 0 spiro atoms. The molecule has 12 fully saturated rings. The number of hydrogen-bond donors (Lipinski definition) is 0. The lowest BCUT2D eigenvalue weighted by Crippen LogP contribution is -2.52. The van der Waals surface area contributed by atoms with Gasteiger partial charge in [0.15, 0.2) is 0 Å². The third kappa shape index (κ3) is 20.1. The molecule has 0 aromatic heterocycles. The topological polar surface area (TPSA) is 315 Å². The van der Waals surface area contributed by atoms with Crippen molar-refractivity contribution < 1.29 is 105 Å². The minimum atomic E-state index is -1.00. The Morgan fingerprint density at radius 3 is 1.08 bits per heavy atom. The maximum absolute atomic E-state index is 13.1. The zero-order chi connectivity index (χ0) is 75.6. The van der Waals surface area contributed by atoms with E-state index in [2.05, 4.69) is 38.3 Å². The third-order valence-corrected chi connectivity index (χ3v) is 23.2. The van der Waals surface area contributed by atoms with Crippen molar-refractivity contribution in [1.82, 2.24) is 39.2 Å². The van der Waals surface area contributed by atoms with Crippen LogP contribution in [0, 0.1) is 52.8 Å². The number of cyclic esters (lactones) is 1. The Morgan fingerprint density at radius 2 is 0.752 bits per heavy atom. The highest BCUT2D eigenvalue weighted by Crippen LogP contribution is 2.49. The van der Waals surface area contributed by atoms with Gasteiger partial charge in [-0.15, -0.1) is 0 Å². The van der Waals surface area contributed by atoms with Crippen LogP contribution in [0.2, 0.25) is 0 Å². The monoisotopic (exact) mass is 1480 g/mol. The molecule has 0 aromatic rings. The molecular weight excluding hydrogens is 1360 g/mol. The number of amides is 4. The number of fused-ring (bicyclic) bond motifs is 8. The van der Waals surface area contributed by atoms with Crippen molar-refractivity contribution in [2.45, 2.75) is 193 Å². The van der Waals surface area contributed by atoms with Crippen molar-refractivity contribution in [1.29, 1.82) is 0 Å². The molecule has 588 valence electrons. The van der Waals surface area contributed by atoms with Gasteiger partial charge in [-0.2, -0.15) is 0 Å². The van der Waals surface area contributed by atoms with E-state index in [4.69, 9.17) is 47.4 Å². The van der Waals surface area contributed by atoms with Crippen molar-refractivity contribution in [3.63, 3.8) is 0 Å². The summed E-state index contributed by atoms with van der Waals surface area (Å²) in [6, 6.07) is 0. The summed E-state index contributed by atoms with van der Waals surface area (Å²) in [5.41, 5.74) is 0.0953. The molecule has 13 heterocycles. The lowest BCUT2D eigenvalue weighted by Gasteiger charge is -2.36. The molecule has 0 aromatic carbocycles.